The molecule has 4 rings (SSSR count). The summed E-state index contributed by atoms with van der Waals surface area (Å²) >= 11 is 1.41. The van der Waals surface area contributed by atoms with Crippen molar-refractivity contribution in [1.29, 1.82) is 0 Å². The van der Waals surface area contributed by atoms with Gasteiger partial charge in [-0.3, -0.25) is 4.79 Å². The summed E-state index contributed by atoms with van der Waals surface area (Å²) in [6.07, 6.45) is 7.92. The molecule has 1 aliphatic rings. The smallest absolute Gasteiger partial charge is 0.280 e. The second-order valence-electron chi connectivity index (χ2n) is 6.76. The van der Waals surface area contributed by atoms with Crippen LogP contribution in [0.5, 0.6) is 0 Å². The van der Waals surface area contributed by atoms with Crippen molar-refractivity contribution >= 4 is 22.8 Å². The number of fused-ring (bicyclic) bond motifs is 1. The first kappa shape index (κ1) is 16.2. The van der Waals surface area contributed by atoms with Crippen LogP contribution in [0.1, 0.15) is 40.4 Å². The number of aryl methyl sites for hydroxylation is 1. The van der Waals surface area contributed by atoms with E-state index in [1.807, 2.05) is 35.8 Å². The maximum Gasteiger partial charge on any atom is 0.280 e. The summed E-state index contributed by atoms with van der Waals surface area (Å²) < 4.78 is 1.81. The van der Waals surface area contributed by atoms with E-state index in [9.17, 15) is 4.79 Å². The van der Waals surface area contributed by atoms with Crippen LogP contribution >= 0.6 is 11.3 Å². The molecule has 0 aliphatic heterocycles. The van der Waals surface area contributed by atoms with Gasteiger partial charge in [0.2, 0.25) is 0 Å². The Hall–Kier alpha value is -2.25. The molecular weight excluding hydrogens is 334 g/mol. The quantitative estimate of drug-likeness (QED) is 0.753. The molecule has 3 heterocycles. The van der Waals surface area contributed by atoms with E-state index in [0.717, 1.165) is 47.3 Å². The number of thiazole rings is 1. The van der Waals surface area contributed by atoms with E-state index in [-0.39, 0.29) is 11.4 Å². The lowest BCUT2D eigenvalue weighted by Gasteiger charge is -2.23. The molecule has 3 aromatic heterocycles. The summed E-state index contributed by atoms with van der Waals surface area (Å²) in [5.74, 6) is -0.146. The van der Waals surface area contributed by atoms with E-state index in [0.29, 0.717) is 11.6 Å². The van der Waals surface area contributed by atoms with Crippen LogP contribution in [0.2, 0.25) is 0 Å². The Morgan fingerprint density at radius 3 is 3.00 bits per heavy atom. The van der Waals surface area contributed by atoms with E-state index in [1.165, 1.54) is 11.3 Å². The fourth-order valence-electron chi connectivity index (χ4n) is 3.45. The summed E-state index contributed by atoms with van der Waals surface area (Å²) in [7, 11) is 0. The minimum Gasteiger partial charge on any atom is -0.348 e. The van der Waals surface area contributed by atoms with Gasteiger partial charge in [0.05, 0.1) is 17.4 Å². The van der Waals surface area contributed by atoms with Gasteiger partial charge in [-0.25, -0.2) is 9.50 Å². The highest BCUT2D eigenvalue weighted by molar-refractivity contribution is 7.14. The zero-order valence-electron chi connectivity index (χ0n) is 14.2. The minimum atomic E-state index is -0.257. The number of nitrogens with zero attached hydrogens (tertiary/aromatic N) is 3. The van der Waals surface area contributed by atoms with Gasteiger partial charge >= 0.3 is 0 Å². The third-order valence-corrected chi connectivity index (χ3v) is 5.84. The highest BCUT2D eigenvalue weighted by atomic mass is 32.1. The number of aromatic nitrogens is 3. The third-order valence-electron chi connectivity index (χ3n) is 4.87. The SMILES string of the molecule is Cc1sc(C(=O)NCC2(N)CCCC2)nc1-c1cnn2ccccc12. The molecular formula is C18H21N5OS. The number of carbonyl (C=O) groups is 1. The fourth-order valence-corrected chi connectivity index (χ4v) is 4.29. The van der Waals surface area contributed by atoms with Crippen LogP contribution in [0.3, 0.4) is 0 Å². The molecule has 1 fully saturated rings. The van der Waals surface area contributed by atoms with E-state index in [1.54, 1.807) is 6.20 Å². The summed E-state index contributed by atoms with van der Waals surface area (Å²) in [4.78, 5) is 18.1. The van der Waals surface area contributed by atoms with E-state index in [2.05, 4.69) is 15.4 Å². The molecule has 1 amide bonds. The molecule has 0 saturated heterocycles. The molecule has 1 saturated carbocycles. The van der Waals surface area contributed by atoms with Crippen LogP contribution in [0.25, 0.3) is 16.8 Å². The van der Waals surface area contributed by atoms with Gasteiger partial charge in [0.25, 0.3) is 5.91 Å². The second kappa shape index (κ2) is 6.24. The van der Waals surface area contributed by atoms with Crippen LogP contribution in [0, 0.1) is 6.92 Å². The molecule has 0 spiro atoms. The molecule has 3 N–H and O–H groups in total. The Labute approximate surface area is 150 Å². The van der Waals surface area contributed by atoms with Gasteiger partial charge in [0.1, 0.15) is 0 Å². The average Bonchev–Trinajstić information content (AvgIpc) is 3.31. The van der Waals surface area contributed by atoms with Crippen molar-refractivity contribution < 1.29 is 4.79 Å². The number of pyridine rings is 1. The Kier molecular flexibility index (Phi) is 4.05. The zero-order valence-corrected chi connectivity index (χ0v) is 15.0. The average molecular weight is 355 g/mol. The van der Waals surface area contributed by atoms with Gasteiger partial charge in [0.15, 0.2) is 5.01 Å². The Morgan fingerprint density at radius 2 is 2.20 bits per heavy atom. The lowest BCUT2D eigenvalue weighted by atomic mass is 9.99. The standard InChI is InChI=1S/C18H21N5OS/c1-12-15(13-10-21-23-9-5-2-6-14(13)23)22-17(25-12)16(24)20-11-18(19)7-3-4-8-18/h2,5-6,9-10H,3-4,7-8,11,19H2,1H3,(H,20,24). The lowest BCUT2D eigenvalue weighted by molar-refractivity contribution is 0.0943. The monoisotopic (exact) mass is 355 g/mol. The zero-order chi connectivity index (χ0) is 17.4. The van der Waals surface area contributed by atoms with Gasteiger partial charge in [-0.05, 0) is 31.9 Å². The van der Waals surface area contributed by atoms with Gasteiger partial charge < -0.3 is 11.1 Å². The van der Waals surface area contributed by atoms with Crippen molar-refractivity contribution in [3.05, 3.63) is 40.5 Å². The molecule has 6 nitrogen and oxygen atoms in total. The third kappa shape index (κ3) is 3.05. The topological polar surface area (TPSA) is 85.3 Å². The summed E-state index contributed by atoms with van der Waals surface area (Å²) in [5.41, 5.74) is 8.80. The second-order valence-corrected chi connectivity index (χ2v) is 7.97. The molecule has 0 atom stereocenters. The number of rotatable bonds is 4. The van der Waals surface area contributed by atoms with Crippen LogP contribution in [0.15, 0.2) is 30.6 Å². The predicted molar refractivity (Wildman–Crippen MR) is 98.8 cm³/mol. The van der Waals surface area contributed by atoms with Crippen LogP contribution in [-0.4, -0.2) is 32.6 Å². The Balaban J connectivity index is 1.56. The van der Waals surface area contributed by atoms with E-state index < -0.39 is 0 Å². The summed E-state index contributed by atoms with van der Waals surface area (Å²) in [6.45, 7) is 2.49. The van der Waals surface area contributed by atoms with Gasteiger partial charge in [-0.15, -0.1) is 11.3 Å². The largest absolute Gasteiger partial charge is 0.348 e. The number of hydrogen-bond donors (Lipinski definition) is 2. The van der Waals surface area contributed by atoms with Gasteiger partial charge in [-0.1, -0.05) is 18.9 Å². The number of amides is 1. The molecule has 7 heteroatoms. The molecule has 130 valence electrons. The van der Waals surface area contributed by atoms with Crippen molar-refractivity contribution in [2.75, 3.05) is 6.54 Å². The number of nitrogens with one attached hydrogen (secondary N) is 1. The number of hydrogen-bond acceptors (Lipinski definition) is 5. The molecule has 0 unspecified atom stereocenters. The lowest BCUT2D eigenvalue weighted by Crippen LogP contribution is -2.47. The van der Waals surface area contributed by atoms with Crippen molar-refractivity contribution in [3.63, 3.8) is 0 Å². The van der Waals surface area contributed by atoms with Crippen molar-refractivity contribution in [2.45, 2.75) is 38.1 Å². The maximum absolute atomic E-state index is 12.5. The number of nitrogens with two attached hydrogens (primary N) is 1. The maximum atomic E-state index is 12.5. The normalized spacial score (nSPS) is 16.4. The predicted octanol–water partition coefficient (Wildman–Crippen LogP) is 2.77. The van der Waals surface area contributed by atoms with Crippen LogP contribution < -0.4 is 11.1 Å². The summed E-state index contributed by atoms with van der Waals surface area (Å²) in [6, 6.07) is 5.90. The van der Waals surface area contributed by atoms with Crippen LogP contribution in [-0.2, 0) is 0 Å². The highest BCUT2D eigenvalue weighted by Crippen LogP contribution is 2.31. The van der Waals surface area contributed by atoms with Crippen molar-refractivity contribution in [1.82, 2.24) is 19.9 Å². The number of carbonyl (C=O) groups excluding carboxylic acids is 1. The first-order valence-electron chi connectivity index (χ1n) is 8.53. The van der Waals surface area contributed by atoms with E-state index in [4.69, 9.17) is 5.73 Å². The Morgan fingerprint density at radius 1 is 1.40 bits per heavy atom. The van der Waals surface area contributed by atoms with Crippen molar-refractivity contribution in [2.24, 2.45) is 5.73 Å². The molecule has 3 aromatic rings. The van der Waals surface area contributed by atoms with Gasteiger partial charge in [-0.2, -0.15) is 5.10 Å². The Bertz CT molecular complexity index is 923. The summed E-state index contributed by atoms with van der Waals surface area (Å²) in [5, 5.41) is 7.80. The van der Waals surface area contributed by atoms with Crippen LogP contribution in [0.4, 0.5) is 0 Å². The van der Waals surface area contributed by atoms with Crippen molar-refractivity contribution in [3.8, 4) is 11.3 Å². The van der Waals surface area contributed by atoms with E-state index >= 15 is 0 Å². The fraction of sp³-hybridized carbons (Fsp3) is 0.389. The highest BCUT2D eigenvalue weighted by Gasteiger charge is 2.30. The molecule has 0 bridgehead atoms. The first-order valence-corrected chi connectivity index (χ1v) is 9.35. The molecule has 1 aliphatic carbocycles. The molecule has 25 heavy (non-hydrogen) atoms. The molecule has 0 radical (unpaired) electrons. The molecule has 0 aromatic carbocycles. The minimum absolute atomic E-state index is 0.146. The van der Waals surface area contributed by atoms with Gasteiger partial charge in [0, 0.05) is 28.7 Å². The first-order chi connectivity index (χ1) is 12.1.